The first kappa shape index (κ1) is 11.1. The minimum Gasteiger partial charge on any atom is -0.316 e. The molecule has 0 amide bonds. The molecule has 3 heterocycles. The van der Waals surface area contributed by atoms with Crippen LogP contribution >= 0.6 is 0 Å². The highest BCUT2D eigenvalue weighted by molar-refractivity contribution is 5.06. The van der Waals surface area contributed by atoms with Crippen molar-refractivity contribution in [2.24, 2.45) is 11.8 Å². The van der Waals surface area contributed by atoms with Crippen LogP contribution in [0.5, 0.6) is 0 Å². The smallest absolute Gasteiger partial charge is 0.0755 e. The maximum absolute atomic E-state index is 4.43. The Kier molecular flexibility index (Phi) is 2.84. The van der Waals surface area contributed by atoms with E-state index in [1.807, 2.05) is 6.20 Å². The van der Waals surface area contributed by atoms with Gasteiger partial charge in [-0.2, -0.15) is 0 Å². The number of hydrogen-bond donors (Lipinski definition) is 1. The molecule has 1 aromatic heterocycles. The Morgan fingerprint density at radius 3 is 3.00 bits per heavy atom. The van der Waals surface area contributed by atoms with Crippen LogP contribution in [0.15, 0.2) is 18.6 Å². The van der Waals surface area contributed by atoms with Crippen molar-refractivity contribution in [3.63, 3.8) is 0 Å². The first-order valence-electron chi connectivity index (χ1n) is 6.49. The number of nitrogens with one attached hydrogen (secondary N) is 1. The van der Waals surface area contributed by atoms with Gasteiger partial charge in [0.25, 0.3) is 0 Å². The summed E-state index contributed by atoms with van der Waals surface area (Å²) in [6, 6.07) is 1.02. The lowest BCUT2D eigenvalue weighted by Crippen LogP contribution is -2.35. The number of nitrogens with zero attached hydrogens (tertiary/aromatic N) is 3. The third-order valence-corrected chi connectivity index (χ3v) is 4.49. The predicted octanol–water partition coefficient (Wildman–Crippen LogP) is 1.08. The van der Waals surface area contributed by atoms with Gasteiger partial charge in [-0.1, -0.05) is 0 Å². The van der Waals surface area contributed by atoms with Gasteiger partial charge in [-0.05, 0) is 38.8 Å². The first-order chi connectivity index (χ1) is 8.27. The van der Waals surface area contributed by atoms with Crippen molar-refractivity contribution in [2.75, 3.05) is 19.6 Å². The molecule has 92 valence electrons. The zero-order valence-electron chi connectivity index (χ0n) is 10.5. The number of aromatic nitrogens is 2. The summed E-state index contributed by atoms with van der Waals surface area (Å²) in [5, 5.41) is 3.50. The molecule has 4 atom stereocenters. The standard InChI is InChI=1S/C13H20N4/c1-9-12-6-15-5-11(12)8-17(9)10(2)13-7-14-3-4-16-13/h3-4,7,9-12,15H,5-6,8H2,1-2H3. The third-order valence-electron chi connectivity index (χ3n) is 4.49. The van der Waals surface area contributed by atoms with E-state index in [1.54, 1.807) is 12.4 Å². The monoisotopic (exact) mass is 232 g/mol. The Morgan fingerprint density at radius 2 is 2.29 bits per heavy atom. The molecule has 17 heavy (non-hydrogen) atoms. The van der Waals surface area contributed by atoms with Gasteiger partial charge >= 0.3 is 0 Å². The van der Waals surface area contributed by atoms with Crippen LogP contribution in [0.3, 0.4) is 0 Å². The lowest BCUT2D eigenvalue weighted by molar-refractivity contribution is 0.179. The van der Waals surface area contributed by atoms with E-state index in [9.17, 15) is 0 Å². The second-order valence-corrected chi connectivity index (χ2v) is 5.33. The summed E-state index contributed by atoms with van der Waals surface area (Å²) in [7, 11) is 0. The molecule has 0 bridgehead atoms. The molecule has 0 saturated carbocycles. The van der Waals surface area contributed by atoms with Gasteiger partial charge in [0.15, 0.2) is 0 Å². The molecule has 2 saturated heterocycles. The number of hydrogen-bond acceptors (Lipinski definition) is 4. The summed E-state index contributed by atoms with van der Waals surface area (Å²) in [5.41, 5.74) is 1.09. The summed E-state index contributed by atoms with van der Waals surface area (Å²) in [5.74, 6) is 1.64. The van der Waals surface area contributed by atoms with Crippen LogP contribution in [0.4, 0.5) is 0 Å². The molecule has 0 spiro atoms. The highest BCUT2D eigenvalue weighted by Crippen LogP contribution is 2.37. The Bertz CT molecular complexity index is 380. The first-order valence-corrected chi connectivity index (χ1v) is 6.49. The van der Waals surface area contributed by atoms with Crippen LogP contribution in [0, 0.1) is 11.8 Å². The zero-order chi connectivity index (χ0) is 11.8. The van der Waals surface area contributed by atoms with Crippen molar-refractivity contribution in [2.45, 2.75) is 25.9 Å². The van der Waals surface area contributed by atoms with Crippen molar-refractivity contribution in [1.29, 1.82) is 0 Å². The SMILES string of the molecule is CC(c1cnccn1)N1CC2CNCC2C1C. The molecule has 2 aliphatic heterocycles. The van der Waals surface area contributed by atoms with E-state index in [2.05, 4.69) is 34.0 Å². The maximum Gasteiger partial charge on any atom is 0.0755 e. The molecule has 4 heteroatoms. The van der Waals surface area contributed by atoms with Gasteiger partial charge in [-0.25, -0.2) is 0 Å². The Morgan fingerprint density at radius 1 is 1.41 bits per heavy atom. The molecule has 3 rings (SSSR count). The number of rotatable bonds is 2. The molecule has 0 radical (unpaired) electrons. The van der Waals surface area contributed by atoms with Crippen molar-refractivity contribution in [1.82, 2.24) is 20.2 Å². The quantitative estimate of drug-likeness (QED) is 0.828. The van der Waals surface area contributed by atoms with Gasteiger partial charge in [0.05, 0.1) is 11.7 Å². The minimum atomic E-state index is 0.379. The van der Waals surface area contributed by atoms with E-state index in [-0.39, 0.29) is 0 Å². The van der Waals surface area contributed by atoms with Crippen LogP contribution in [-0.2, 0) is 0 Å². The van der Waals surface area contributed by atoms with Crippen LogP contribution in [-0.4, -0.2) is 40.5 Å². The lowest BCUT2D eigenvalue weighted by Gasteiger charge is -2.29. The van der Waals surface area contributed by atoms with Gasteiger partial charge < -0.3 is 5.32 Å². The maximum atomic E-state index is 4.43. The third kappa shape index (κ3) is 1.85. The van der Waals surface area contributed by atoms with Crippen molar-refractivity contribution >= 4 is 0 Å². The fourth-order valence-corrected chi connectivity index (χ4v) is 3.41. The molecule has 0 aromatic carbocycles. The Balaban J connectivity index is 1.77. The summed E-state index contributed by atoms with van der Waals surface area (Å²) in [6.45, 7) is 8.14. The van der Waals surface area contributed by atoms with Gasteiger partial charge in [0.2, 0.25) is 0 Å². The zero-order valence-corrected chi connectivity index (χ0v) is 10.5. The average molecular weight is 232 g/mol. The molecule has 2 aliphatic rings. The topological polar surface area (TPSA) is 41.1 Å². The van der Waals surface area contributed by atoms with Gasteiger partial charge in [-0.3, -0.25) is 14.9 Å². The summed E-state index contributed by atoms with van der Waals surface area (Å²) < 4.78 is 0. The van der Waals surface area contributed by atoms with Crippen LogP contribution in [0.25, 0.3) is 0 Å². The minimum absolute atomic E-state index is 0.379. The van der Waals surface area contributed by atoms with Crippen molar-refractivity contribution in [3.05, 3.63) is 24.3 Å². The van der Waals surface area contributed by atoms with Gasteiger partial charge in [-0.15, -0.1) is 0 Å². The molecular formula is C13H20N4. The average Bonchev–Trinajstić information content (AvgIpc) is 2.93. The normalized spacial score (nSPS) is 34.8. The van der Waals surface area contributed by atoms with Crippen LogP contribution in [0.2, 0.25) is 0 Å². The number of likely N-dealkylation sites (tertiary alicyclic amines) is 1. The highest BCUT2D eigenvalue weighted by Gasteiger charge is 2.43. The van der Waals surface area contributed by atoms with Gasteiger partial charge in [0, 0.05) is 31.2 Å². The molecular weight excluding hydrogens is 212 g/mol. The highest BCUT2D eigenvalue weighted by atomic mass is 15.2. The fourth-order valence-electron chi connectivity index (χ4n) is 3.41. The summed E-state index contributed by atoms with van der Waals surface area (Å²) in [4.78, 5) is 11.2. The summed E-state index contributed by atoms with van der Waals surface area (Å²) >= 11 is 0. The molecule has 1 aromatic rings. The Labute approximate surface area is 102 Å². The second-order valence-electron chi connectivity index (χ2n) is 5.33. The molecule has 1 N–H and O–H groups in total. The Hall–Kier alpha value is -1.00. The fraction of sp³-hybridized carbons (Fsp3) is 0.692. The van der Waals surface area contributed by atoms with Crippen LogP contribution in [0.1, 0.15) is 25.6 Å². The van der Waals surface area contributed by atoms with Crippen molar-refractivity contribution < 1.29 is 0 Å². The van der Waals surface area contributed by atoms with Gasteiger partial charge in [0.1, 0.15) is 0 Å². The second kappa shape index (κ2) is 4.35. The van der Waals surface area contributed by atoms with Crippen LogP contribution < -0.4 is 5.32 Å². The molecule has 0 aliphatic carbocycles. The predicted molar refractivity (Wildman–Crippen MR) is 66.5 cm³/mol. The largest absolute Gasteiger partial charge is 0.316 e. The van der Waals surface area contributed by atoms with E-state index in [1.165, 1.54) is 19.6 Å². The molecule has 4 unspecified atom stereocenters. The molecule has 4 nitrogen and oxygen atoms in total. The van der Waals surface area contributed by atoms with E-state index >= 15 is 0 Å². The van der Waals surface area contributed by atoms with Crippen molar-refractivity contribution in [3.8, 4) is 0 Å². The molecule has 2 fully saturated rings. The van der Waals surface area contributed by atoms with E-state index in [4.69, 9.17) is 0 Å². The summed E-state index contributed by atoms with van der Waals surface area (Å²) in [6.07, 6.45) is 5.42. The van der Waals surface area contributed by atoms with E-state index < -0.39 is 0 Å². The lowest BCUT2D eigenvalue weighted by atomic mass is 9.95. The van der Waals surface area contributed by atoms with E-state index in [0.717, 1.165) is 17.5 Å². The number of fused-ring (bicyclic) bond motifs is 1. The van der Waals surface area contributed by atoms with E-state index in [0.29, 0.717) is 12.1 Å².